The zero-order valence-electron chi connectivity index (χ0n) is 12.6. The first-order valence-electron chi connectivity index (χ1n) is 7.66. The summed E-state index contributed by atoms with van der Waals surface area (Å²) in [5.74, 6) is 0.630. The lowest BCUT2D eigenvalue weighted by atomic mass is 10.1. The summed E-state index contributed by atoms with van der Waals surface area (Å²) < 4.78 is 5.80. The number of ether oxygens (including phenoxy) is 1. The van der Waals surface area contributed by atoms with Crippen molar-refractivity contribution in [3.8, 4) is 0 Å². The average molecular weight is 285 g/mol. The first-order chi connectivity index (χ1) is 10.2. The van der Waals surface area contributed by atoms with Crippen molar-refractivity contribution in [2.45, 2.75) is 31.9 Å². The molecule has 0 spiro atoms. The van der Waals surface area contributed by atoms with E-state index in [1.54, 1.807) is 0 Å². The quantitative estimate of drug-likeness (QED) is 0.938. The number of para-hydroxylation sites is 1. The Hall–Kier alpha value is -1.65. The van der Waals surface area contributed by atoms with Gasteiger partial charge in [0.1, 0.15) is 5.82 Å². The molecule has 1 aliphatic rings. The predicted octanol–water partition coefficient (Wildman–Crippen LogP) is 2.82. The zero-order valence-corrected chi connectivity index (χ0v) is 12.6. The highest BCUT2D eigenvalue weighted by Gasteiger charge is 2.16. The van der Waals surface area contributed by atoms with Crippen LogP contribution < -0.4 is 5.73 Å². The normalized spacial score (nSPS) is 19.2. The van der Waals surface area contributed by atoms with Crippen molar-refractivity contribution < 1.29 is 4.74 Å². The summed E-state index contributed by atoms with van der Waals surface area (Å²) in [6, 6.07) is 10.2. The molecule has 4 nitrogen and oxygen atoms in total. The summed E-state index contributed by atoms with van der Waals surface area (Å²) in [5, 5.41) is 1.14. The molecule has 1 saturated heterocycles. The van der Waals surface area contributed by atoms with E-state index in [4.69, 9.17) is 10.5 Å². The molecule has 1 aliphatic heterocycles. The lowest BCUT2D eigenvalue weighted by molar-refractivity contribution is -0.00257. The van der Waals surface area contributed by atoms with Gasteiger partial charge in [0.15, 0.2) is 0 Å². The molecule has 2 aromatic rings. The van der Waals surface area contributed by atoms with Crippen LogP contribution in [-0.2, 0) is 11.3 Å². The molecule has 1 unspecified atom stereocenters. The fourth-order valence-corrected chi connectivity index (χ4v) is 2.96. The number of nitrogen functional groups attached to an aromatic ring is 1. The Bertz CT molecular complexity index is 608. The summed E-state index contributed by atoms with van der Waals surface area (Å²) in [7, 11) is 2.12. The van der Waals surface area contributed by atoms with Crippen LogP contribution in [0.4, 0.5) is 5.82 Å². The molecule has 2 heterocycles. The van der Waals surface area contributed by atoms with E-state index in [0.29, 0.717) is 11.9 Å². The molecule has 1 aromatic carbocycles. The number of likely N-dealkylation sites (N-methyl/N-ethyl adjacent to an activating group) is 1. The average Bonchev–Trinajstić information content (AvgIpc) is 2.49. The molecular formula is C17H23N3O. The SMILES string of the molecule is CN(Cc1cc2ccccc2nc1N)CC1CCCCO1. The molecule has 0 radical (unpaired) electrons. The third kappa shape index (κ3) is 3.52. The highest BCUT2D eigenvalue weighted by Crippen LogP contribution is 2.20. The number of benzene rings is 1. The van der Waals surface area contributed by atoms with Gasteiger partial charge in [-0.05, 0) is 38.4 Å². The van der Waals surface area contributed by atoms with E-state index in [-0.39, 0.29) is 0 Å². The molecular weight excluding hydrogens is 262 g/mol. The van der Waals surface area contributed by atoms with Crippen molar-refractivity contribution >= 4 is 16.7 Å². The molecule has 0 aliphatic carbocycles. The number of nitrogens with two attached hydrogens (primary N) is 1. The van der Waals surface area contributed by atoms with Gasteiger partial charge in [-0.2, -0.15) is 0 Å². The van der Waals surface area contributed by atoms with Crippen LogP contribution in [0.2, 0.25) is 0 Å². The number of pyridine rings is 1. The third-order valence-electron chi connectivity index (χ3n) is 4.07. The fourth-order valence-electron chi connectivity index (χ4n) is 2.96. The summed E-state index contributed by atoms with van der Waals surface area (Å²) in [6.45, 7) is 2.66. The largest absolute Gasteiger partial charge is 0.383 e. The fraction of sp³-hybridized carbons (Fsp3) is 0.471. The highest BCUT2D eigenvalue weighted by atomic mass is 16.5. The Labute approximate surface area is 125 Å². The standard InChI is InChI=1S/C17H23N3O/c1-20(12-15-7-4-5-9-21-15)11-14-10-13-6-2-3-8-16(13)19-17(14)18/h2-3,6,8,10,15H,4-5,7,9,11-12H2,1H3,(H2,18,19). The molecule has 112 valence electrons. The van der Waals surface area contributed by atoms with Crippen molar-refractivity contribution in [2.75, 3.05) is 25.9 Å². The molecule has 21 heavy (non-hydrogen) atoms. The number of aromatic nitrogens is 1. The lowest BCUT2D eigenvalue weighted by Gasteiger charge is -2.27. The van der Waals surface area contributed by atoms with Gasteiger partial charge in [-0.15, -0.1) is 0 Å². The molecule has 3 rings (SSSR count). The second kappa shape index (κ2) is 6.41. The summed E-state index contributed by atoms with van der Waals surface area (Å²) >= 11 is 0. The summed E-state index contributed by atoms with van der Waals surface area (Å²) in [4.78, 5) is 6.77. The molecule has 1 fully saturated rings. The second-order valence-corrected chi connectivity index (χ2v) is 5.91. The van der Waals surface area contributed by atoms with Gasteiger partial charge in [-0.1, -0.05) is 18.2 Å². The molecule has 0 saturated carbocycles. The molecule has 1 aromatic heterocycles. The molecule has 0 bridgehead atoms. The molecule has 0 amide bonds. The van der Waals surface area contributed by atoms with Crippen LogP contribution in [0.5, 0.6) is 0 Å². The van der Waals surface area contributed by atoms with Crippen molar-refractivity contribution in [1.29, 1.82) is 0 Å². The van der Waals surface area contributed by atoms with Gasteiger partial charge in [-0.3, -0.25) is 4.90 Å². The van der Waals surface area contributed by atoms with E-state index in [9.17, 15) is 0 Å². The van der Waals surface area contributed by atoms with E-state index in [2.05, 4.69) is 29.1 Å². The maximum Gasteiger partial charge on any atom is 0.128 e. The van der Waals surface area contributed by atoms with Gasteiger partial charge < -0.3 is 10.5 Å². The zero-order chi connectivity index (χ0) is 14.7. The predicted molar refractivity (Wildman–Crippen MR) is 86.1 cm³/mol. The van der Waals surface area contributed by atoms with E-state index < -0.39 is 0 Å². The summed E-state index contributed by atoms with van der Waals surface area (Å²) in [6.07, 6.45) is 3.99. The molecule has 1 atom stereocenters. The van der Waals surface area contributed by atoms with Crippen molar-refractivity contribution in [3.05, 3.63) is 35.9 Å². The van der Waals surface area contributed by atoms with Crippen molar-refractivity contribution in [3.63, 3.8) is 0 Å². The van der Waals surface area contributed by atoms with E-state index in [1.165, 1.54) is 12.8 Å². The minimum Gasteiger partial charge on any atom is -0.383 e. The van der Waals surface area contributed by atoms with Gasteiger partial charge in [0.05, 0.1) is 11.6 Å². The number of nitrogens with zero attached hydrogens (tertiary/aromatic N) is 2. The first-order valence-corrected chi connectivity index (χ1v) is 7.66. The first kappa shape index (κ1) is 14.3. The van der Waals surface area contributed by atoms with Crippen LogP contribution in [0.25, 0.3) is 10.9 Å². The van der Waals surface area contributed by atoms with Crippen LogP contribution in [0, 0.1) is 0 Å². The van der Waals surface area contributed by atoms with Gasteiger partial charge in [0.2, 0.25) is 0 Å². The Morgan fingerprint density at radius 3 is 3.00 bits per heavy atom. The maximum atomic E-state index is 6.10. The molecule has 2 N–H and O–H groups in total. The lowest BCUT2D eigenvalue weighted by Crippen LogP contribution is -2.33. The van der Waals surface area contributed by atoms with E-state index in [1.807, 2.05) is 18.2 Å². The van der Waals surface area contributed by atoms with Crippen LogP contribution in [0.1, 0.15) is 24.8 Å². The van der Waals surface area contributed by atoms with Gasteiger partial charge in [0.25, 0.3) is 0 Å². The van der Waals surface area contributed by atoms with Gasteiger partial charge in [-0.25, -0.2) is 4.98 Å². The minimum absolute atomic E-state index is 0.360. The second-order valence-electron chi connectivity index (χ2n) is 5.91. The minimum atomic E-state index is 0.360. The Kier molecular flexibility index (Phi) is 4.36. The van der Waals surface area contributed by atoms with Crippen LogP contribution in [0.3, 0.4) is 0 Å². The maximum absolute atomic E-state index is 6.10. The Morgan fingerprint density at radius 1 is 1.33 bits per heavy atom. The van der Waals surface area contributed by atoms with E-state index in [0.717, 1.165) is 42.6 Å². The van der Waals surface area contributed by atoms with Gasteiger partial charge >= 0.3 is 0 Å². The number of anilines is 1. The van der Waals surface area contributed by atoms with Crippen molar-refractivity contribution in [1.82, 2.24) is 9.88 Å². The van der Waals surface area contributed by atoms with Gasteiger partial charge in [0, 0.05) is 30.6 Å². The summed E-state index contributed by atoms with van der Waals surface area (Å²) in [5.41, 5.74) is 8.14. The Morgan fingerprint density at radius 2 is 2.19 bits per heavy atom. The smallest absolute Gasteiger partial charge is 0.128 e. The number of hydrogen-bond donors (Lipinski definition) is 1. The third-order valence-corrected chi connectivity index (χ3v) is 4.07. The Balaban J connectivity index is 1.70. The monoisotopic (exact) mass is 285 g/mol. The number of rotatable bonds is 4. The topological polar surface area (TPSA) is 51.4 Å². The van der Waals surface area contributed by atoms with E-state index >= 15 is 0 Å². The van der Waals surface area contributed by atoms with Crippen LogP contribution in [-0.4, -0.2) is 36.2 Å². The highest BCUT2D eigenvalue weighted by molar-refractivity contribution is 5.81. The van der Waals surface area contributed by atoms with Crippen LogP contribution >= 0.6 is 0 Å². The van der Waals surface area contributed by atoms with Crippen LogP contribution in [0.15, 0.2) is 30.3 Å². The van der Waals surface area contributed by atoms with Crippen molar-refractivity contribution in [2.24, 2.45) is 0 Å². The number of fused-ring (bicyclic) bond motifs is 1. The molecule has 4 heteroatoms. The number of hydrogen-bond acceptors (Lipinski definition) is 4.